The number of nitrogens with one attached hydrogen (secondary N) is 1. The van der Waals surface area contributed by atoms with E-state index in [2.05, 4.69) is 5.32 Å². The Morgan fingerprint density at radius 2 is 1.75 bits per heavy atom. The average molecular weight is 427 g/mol. The van der Waals surface area contributed by atoms with Crippen molar-refractivity contribution in [2.24, 2.45) is 0 Å². The molecule has 0 saturated heterocycles. The Hall–Kier alpha value is -3.60. The van der Waals surface area contributed by atoms with Crippen molar-refractivity contribution >= 4 is 17.5 Å². The van der Waals surface area contributed by atoms with Crippen LogP contribution >= 0.6 is 0 Å². The van der Waals surface area contributed by atoms with Crippen LogP contribution in [0.15, 0.2) is 72.8 Å². The van der Waals surface area contributed by atoms with Crippen molar-refractivity contribution < 1.29 is 14.3 Å². The van der Waals surface area contributed by atoms with Crippen LogP contribution in [0.2, 0.25) is 0 Å². The first-order valence-electron chi connectivity index (χ1n) is 11.0. The maximum absolute atomic E-state index is 13.8. The van der Waals surface area contributed by atoms with Gasteiger partial charge in [0.15, 0.2) is 0 Å². The second-order valence-corrected chi connectivity index (χ2v) is 8.59. The van der Waals surface area contributed by atoms with Crippen LogP contribution in [0.4, 0.5) is 5.69 Å². The number of nitrogens with zero attached hydrogens (tertiary/aromatic N) is 1. The van der Waals surface area contributed by atoms with E-state index >= 15 is 0 Å². The number of amides is 2. The van der Waals surface area contributed by atoms with E-state index in [1.54, 1.807) is 7.11 Å². The van der Waals surface area contributed by atoms with E-state index in [1.807, 2.05) is 84.6 Å². The van der Waals surface area contributed by atoms with Gasteiger partial charge in [-0.05, 0) is 61.2 Å². The number of rotatable bonds is 5. The van der Waals surface area contributed by atoms with Gasteiger partial charge in [0.2, 0.25) is 5.91 Å². The zero-order valence-electron chi connectivity index (χ0n) is 18.2. The van der Waals surface area contributed by atoms with Crippen LogP contribution in [0, 0.1) is 6.92 Å². The Kier molecular flexibility index (Phi) is 5.17. The SMILES string of the molecule is COc1cccc([C@@H]2[C@H](C(=O)Nc3ccc(C)cc3)c3ccccc3C(=O)N2C2CC2)c1. The topological polar surface area (TPSA) is 58.6 Å². The van der Waals surface area contributed by atoms with E-state index in [9.17, 15) is 9.59 Å². The van der Waals surface area contributed by atoms with Gasteiger partial charge in [0.05, 0.1) is 19.1 Å². The molecule has 2 aliphatic rings. The second kappa shape index (κ2) is 8.15. The Balaban J connectivity index is 1.63. The first kappa shape index (κ1) is 20.3. The maximum Gasteiger partial charge on any atom is 0.254 e. The van der Waals surface area contributed by atoms with Crippen molar-refractivity contribution in [3.8, 4) is 5.75 Å². The molecule has 1 saturated carbocycles. The fourth-order valence-electron chi connectivity index (χ4n) is 4.62. The lowest BCUT2D eigenvalue weighted by Gasteiger charge is -2.42. The number of anilines is 1. The summed E-state index contributed by atoms with van der Waals surface area (Å²) in [5.41, 5.74) is 4.17. The van der Waals surface area contributed by atoms with Gasteiger partial charge in [-0.2, -0.15) is 0 Å². The summed E-state index contributed by atoms with van der Waals surface area (Å²) >= 11 is 0. The van der Waals surface area contributed by atoms with E-state index < -0.39 is 12.0 Å². The molecule has 1 N–H and O–H groups in total. The van der Waals surface area contributed by atoms with E-state index in [1.165, 1.54) is 0 Å². The predicted octanol–water partition coefficient (Wildman–Crippen LogP) is 5.09. The molecule has 1 fully saturated rings. The van der Waals surface area contributed by atoms with Crippen LogP contribution in [0.3, 0.4) is 0 Å². The molecule has 162 valence electrons. The van der Waals surface area contributed by atoms with Gasteiger partial charge in [-0.25, -0.2) is 0 Å². The molecule has 5 rings (SSSR count). The summed E-state index contributed by atoms with van der Waals surface area (Å²) < 4.78 is 5.45. The molecule has 32 heavy (non-hydrogen) atoms. The molecule has 5 heteroatoms. The summed E-state index contributed by atoms with van der Waals surface area (Å²) in [5, 5.41) is 3.09. The van der Waals surface area contributed by atoms with Gasteiger partial charge in [0.1, 0.15) is 5.75 Å². The standard InChI is InChI=1S/C27H26N2O3/c1-17-10-12-19(13-11-17)28-26(30)24-22-8-3-4-9-23(22)27(31)29(20-14-15-20)25(24)18-6-5-7-21(16-18)32-2/h3-13,16,20,24-25H,14-15H2,1-2H3,(H,28,30)/t24-,25-/m1/s1. The Labute approximate surface area is 188 Å². The van der Waals surface area contributed by atoms with Gasteiger partial charge < -0.3 is 15.0 Å². The molecule has 2 atom stereocenters. The van der Waals surface area contributed by atoms with Gasteiger partial charge in [-0.3, -0.25) is 9.59 Å². The zero-order chi connectivity index (χ0) is 22.2. The highest BCUT2D eigenvalue weighted by Gasteiger charge is 2.49. The summed E-state index contributed by atoms with van der Waals surface area (Å²) in [6.07, 6.45) is 1.92. The Bertz CT molecular complexity index is 1170. The van der Waals surface area contributed by atoms with Crippen molar-refractivity contribution in [1.82, 2.24) is 4.90 Å². The monoisotopic (exact) mass is 426 g/mol. The fraction of sp³-hybridized carbons (Fsp3) is 0.259. The minimum absolute atomic E-state index is 0.00435. The van der Waals surface area contributed by atoms with Crippen LogP contribution in [0.25, 0.3) is 0 Å². The molecular weight excluding hydrogens is 400 g/mol. The molecule has 0 unspecified atom stereocenters. The summed E-state index contributed by atoms with van der Waals surface area (Å²) in [5.74, 6) is 0.0581. The lowest BCUT2D eigenvalue weighted by atomic mass is 9.79. The maximum atomic E-state index is 13.8. The fourth-order valence-corrected chi connectivity index (χ4v) is 4.62. The summed E-state index contributed by atoms with van der Waals surface area (Å²) in [6.45, 7) is 2.01. The number of benzene rings is 3. The highest BCUT2D eigenvalue weighted by Crippen LogP contribution is 2.48. The molecule has 1 aliphatic carbocycles. The Morgan fingerprint density at radius 3 is 2.47 bits per heavy atom. The first-order valence-corrected chi connectivity index (χ1v) is 11.0. The lowest BCUT2D eigenvalue weighted by Crippen LogP contribution is -2.47. The summed E-state index contributed by atoms with van der Waals surface area (Å²) in [7, 11) is 1.63. The molecule has 5 nitrogen and oxygen atoms in total. The van der Waals surface area contributed by atoms with E-state index in [4.69, 9.17) is 4.74 Å². The number of ether oxygens (including phenoxy) is 1. The minimum atomic E-state index is -0.530. The first-order chi connectivity index (χ1) is 15.6. The largest absolute Gasteiger partial charge is 0.497 e. The minimum Gasteiger partial charge on any atom is -0.497 e. The Morgan fingerprint density at radius 1 is 1.00 bits per heavy atom. The third-order valence-corrected chi connectivity index (χ3v) is 6.35. The third-order valence-electron chi connectivity index (χ3n) is 6.35. The number of fused-ring (bicyclic) bond motifs is 1. The number of carbonyl (C=O) groups is 2. The van der Waals surface area contributed by atoms with Gasteiger partial charge in [0, 0.05) is 17.3 Å². The van der Waals surface area contributed by atoms with Crippen LogP contribution in [-0.4, -0.2) is 29.9 Å². The van der Waals surface area contributed by atoms with Crippen molar-refractivity contribution in [3.05, 3.63) is 95.1 Å². The molecule has 2 amide bonds. The highest BCUT2D eigenvalue weighted by atomic mass is 16.5. The molecule has 0 radical (unpaired) electrons. The number of carbonyl (C=O) groups excluding carboxylic acids is 2. The molecule has 3 aromatic carbocycles. The van der Waals surface area contributed by atoms with Gasteiger partial charge in [0.25, 0.3) is 5.91 Å². The van der Waals surface area contributed by atoms with Crippen LogP contribution in [-0.2, 0) is 4.79 Å². The van der Waals surface area contributed by atoms with Gasteiger partial charge >= 0.3 is 0 Å². The lowest BCUT2D eigenvalue weighted by molar-refractivity contribution is -0.119. The zero-order valence-corrected chi connectivity index (χ0v) is 18.2. The van der Waals surface area contributed by atoms with Crippen LogP contribution in [0.5, 0.6) is 5.75 Å². The number of hydrogen-bond donors (Lipinski definition) is 1. The molecule has 0 bridgehead atoms. The normalized spacial score (nSPS) is 19.9. The average Bonchev–Trinajstić information content (AvgIpc) is 3.65. The molecule has 0 aromatic heterocycles. The van der Waals surface area contributed by atoms with Crippen molar-refractivity contribution in [2.75, 3.05) is 12.4 Å². The molecule has 3 aromatic rings. The van der Waals surface area contributed by atoms with E-state index in [0.29, 0.717) is 11.3 Å². The van der Waals surface area contributed by atoms with Crippen LogP contribution < -0.4 is 10.1 Å². The van der Waals surface area contributed by atoms with Crippen molar-refractivity contribution in [3.63, 3.8) is 0 Å². The predicted molar refractivity (Wildman–Crippen MR) is 124 cm³/mol. The molecule has 0 spiro atoms. The third kappa shape index (κ3) is 3.64. The highest BCUT2D eigenvalue weighted by molar-refractivity contribution is 6.04. The second-order valence-electron chi connectivity index (χ2n) is 8.59. The van der Waals surface area contributed by atoms with Gasteiger partial charge in [-0.15, -0.1) is 0 Å². The number of hydrogen-bond acceptors (Lipinski definition) is 3. The van der Waals surface area contributed by atoms with Gasteiger partial charge in [-0.1, -0.05) is 48.0 Å². The summed E-state index contributed by atoms with van der Waals surface area (Å²) in [6, 6.07) is 22.7. The van der Waals surface area contributed by atoms with Crippen molar-refractivity contribution in [1.29, 1.82) is 0 Å². The quantitative estimate of drug-likeness (QED) is 0.619. The number of methoxy groups -OCH3 is 1. The number of aryl methyl sites for hydroxylation is 1. The van der Waals surface area contributed by atoms with E-state index in [0.717, 1.165) is 35.2 Å². The van der Waals surface area contributed by atoms with E-state index in [-0.39, 0.29) is 17.9 Å². The van der Waals surface area contributed by atoms with Crippen molar-refractivity contribution in [2.45, 2.75) is 37.8 Å². The molecular formula is C27H26N2O3. The summed E-state index contributed by atoms with van der Waals surface area (Å²) in [4.78, 5) is 29.3. The van der Waals surface area contributed by atoms with Crippen LogP contribution in [0.1, 0.15) is 51.8 Å². The molecule has 1 heterocycles. The smallest absolute Gasteiger partial charge is 0.254 e. The molecule has 1 aliphatic heterocycles.